The predicted octanol–water partition coefficient (Wildman–Crippen LogP) is 12.3. The molecule has 0 unspecified atom stereocenters. The highest BCUT2D eigenvalue weighted by atomic mass is 15.1. The van der Waals surface area contributed by atoms with Crippen LogP contribution in [0.2, 0.25) is 0 Å². The van der Waals surface area contributed by atoms with E-state index in [9.17, 15) is 0 Å². The van der Waals surface area contributed by atoms with Gasteiger partial charge >= 0.3 is 0 Å². The number of fused-ring (bicyclic) bond motifs is 3. The average Bonchev–Trinajstić information content (AvgIpc) is 3.55. The van der Waals surface area contributed by atoms with Gasteiger partial charge in [0.15, 0.2) is 0 Å². The number of hydrogen-bond donors (Lipinski definition) is 0. The number of hydrogen-bond acceptors (Lipinski definition) is 1. The van der Waals surface area contributed by atoms with Gasteiger partial charge in [-0.25, -0.2) is 4.98 Å². The van der Waals surface area contributed by atoms with Crippen LogP contribution in [-0.4, -0.2) is 9.55 Å². The second kappa shape index (κ2) is 11.5. The summed E-state index contributed by atoms with van der Waals surface area (Å²) in [5.74, 6) is 0.932. The van der Waals surface area contributed by atoms with E-state index in [1.165, 1.54) is 60.5 Å². The molecule has 0 amide bonds. The third-order valence-electron chi connectivity index (χ3n) is 9.55. The molecule has 0 atom stereocenters. The minimum Gasteiger partial charge on any atom is -0.292 e. The molecule has 0 aliphatic heterocycles. The third-order valence-corrected chi connectivity index (χ3v) is 9.55. The predicted molar refractivity (Wildman–Crippen MR) is 203 cm³/mol. The van der Waals surface area contributed by atoms with E-state index >= 15 is 0 Å². The summed E-state index contributed by atoms with van der Waals surface area (Å²) in [6, 6.07) is 63.2. The molecule has 0 fully saturated rings. The van der Waals surface area contributed by atoms with Crippen molar-refractivity contribution in [2.24, 2.45) is 0 Å². The Kier molecular flexibility index (Phi) is 6.72. The Morgan fingerprint density at radius 3 is 1.75 bits per heavy atom. The molecule has 0 bridgehead atoms. The highest BCUT2D eigenvalue weighted by Gasteiger charge is 2.20. The zero-order chi connectivity index (χ0) is 32.0. The number of benzene rings is 8. The summed E-state index contributed by atoms with van der Waals surface area (Å²) >= 11 is 0. The van der Waals surface area contributed by atoms with Crippen LogP contribution in [0, 0.1) is 6.92 Å². The molecule has 2 nitrogen and oxygen atoms in total. The van der Waals surface area contributed by atoms with Crippen molar-refractivity contribution in [2.45, 2.75) is 6.92 Å². The summed E-state index contributed by atoms with van der Waals surface area (Å²) in [4.78, 5) is 5.23. The van der Waals surface area contributed by atoms with Gasteiger partial charge in [0.25, 0.3) is 0 Å². The van der Waals surface area contributed by atoms with Gasteiger partial charge in [-0.3, -0.25) is 4.57 Å². The largest absolute Gasteiger partial charge is 0.292 e. The Labute approximate surface area is 280 Å². The molecule has 8 aromatic carbocycles. The first-order valence-corrected chi connectivity index (χ1v) is 16.5. The van der Waals surface area contributed by atoms with Crippen LogP contribution in [0.4, 0.5) is 0 Å². The second-order valence-electron chi connectivity index (χ2n) is 12.4. The third kappa shape index (κ3) is 4.61. The summed E-state index contributed by atoms with van der Waals surface area (Å²) < 4.78 is 2.29. The normalized spacial score (nSPS) is 11.4. The van der Waals surface area contributed by atoms with Gasteiger partial charge in [-0.05, 0) is 97.7 Å². The fraction of sp³-hybridized carbons (Fsp3) is 0.0217. The van der Waals surface area contributed by atoms with Crippen molar-refractivity contribution in [1.82, 2.24) is 9.55 Å². The number of para-hydroxylation sites is 3. The molecule has 2 heteroatoms. The van der Waals surface area contributed by atoms with Crippen LogP contribution in [0.25, 0.3) is 83.0 Å². The highest BCUT2D eigenvalue weighted by Crippen LogP contribution is 2.46. The van der Waals surface area contributed by atoms with Crippen molar-refractivity contribution in [3.8, 4) is 50.5 Å². The molecule has 0 radical (unpaired) electrons. The van der Waals surface area contributed by atoms with Crippen molar-refractivity contribution >= 4 is 32.6 Å². The molecule has 9 rings (SSSR count). The van der Waals surface area contributed by atoms with Crippen LogP contribution in [0.15, 0.2) is 176 Å². The topological polar surface area (TPSA) is 17.8 Å². The lowest BCUT2D eigenvalue weighted by Crippen LogP contribution is -1.98. The first kappa shape index (κ1) is 28.0. The fourth-order valence-corrected chi connectivity index (χ4v) is 7.29. The monoisotopic (exact) mass is 612 g/mol. The van der Waals surface area contributed by atoms with Gasteiger partial charge in [-0.15, -0.1) is 0 Å². The Hall–Kier alpha value is -6.25. The van der Waals surface area contributed by atoms with Crippen molar-refractivity contribution in [3.05, 3.63) is 181 Å². The van der Waals surface area contributed by atoms with Crippen LogP contribution in [-0.2, 0) is 0 Å². The zero-order valence-corrected chi connectivity index (χ0v) is 26.6. The van der Waals surface area contributed by atoms with Gasteiger partial charge in [0.1, 0.15) is 5.82 Å². The molecule has 0 aliphatic carbocycles. The lowest BCUT2D eigenvalue weighted by molar-refractivity contribution is 1.10. The first-order valence-electron chi connectivity index (χ1n) is 16.5. The maximum absolute atomic E-state index is 5.23. The summed E-state index contributed by atoms with van der Waals surface area (Å²) in [5.41, 5.74) is 12.9. The first-order chi connectivity index (χ1) is 23.7. The second-order valence-corrected chi connectivity index (χ2v) is 12.4. The SMILES string of the molecule is Cc1ccccc1-c1c2ccccc2c(-c2ccc(-c3ccccc3)cc2)c2ccc(-c3nc4ccccc4n3-c3ccccc3)cc12. The van der Waals surface area contributed by atoms with E-state index in [4.69, 9.17) is 4.98 Å². The van der Waals surface area contributed by atoms with Crippen molar-refractivity contribution < 1.29 is 0 Å². The van der Waals surface area contributed by atoms with Crippen molar-refractivity contribution in [3.63, 3.8) is 0 Å². The van der Waals surface area contributed by atoms with E-state index in [2.05, 4.69) is 187 Å². The van der Waals surface area contributed by atoms with Crippen LogP contribution in [0.1, 0.15) is 5.56 Å². The highest BCUT2D eigenvalue weighted by molar-refractivity contribution is 6.22. The van der Waals surface area contributed by atoms with Gasteiger partial charge in [-0.2, -0.15) is 0 Å². The molecule has 0 saturated heterocycles. The van der Waals surface area contributed by atoms with Gasteiger partial charge in [0.05, 0.1) is 11.0 Å². The van der Waals surface area contributed by atoms with Gasteiger partial charge < -0.3 is 0 Å². The van der Waals surface area contributed by atoms with E-state index in [1.807, 2.05) is 0 Å². The van der Waals surface area contributed by atoms with Gasteiger partial charge in [0.2, 0.25) is 0 Å². The molecule has 1 heterocycles. The number of rotatable bonds is 5. The number of aromatic nitrogens is 2. The van der Waals surface area contributed by atoms with Crippen molar-refractivity contribution in [2.75, 3.05) is 0 Å². The summed E-state index contributed by atoms with van der Waals surface area (Å²) in [5, 5.41) is 4.94. The standard InChI is InChI=1S/C46H32N2/c1-31-14-8-9-19-37(31)45-39-21-11-10-20-38(39)44(34-26-24-33(25-27-34)32-15-4-2-5-16-32)40-29-28-35(30-41(40)45)46-47-42-22-12-13-23-43(42)48(46)36-17-6-3-7-18-36/h2-30H,1H3. The van der Waals surface area contributed by atoms with E-state index in [0.29, 0.717) is 0 Å². The minimum atomic E-state index is 0.932. The molecule has 0 saturated carbocycles. The number of aryl methyl sites for hydroxylation is 1. The molecular formula is C46H32N2. The average molecular weight is 613 g/mol. The molecular weight excluding hydrogens is 581 g/mol. The molecule has 1 aromatic heterocycles. The zero-order valence-electron chi connectivity index (χ0n) is 26.6. The summed E-state index contributed by atoms with van der Waals surface area (Å²) in [6.45, 7) is 2.21. The molecule has 0 spiro atoms. The Bertz CT molecular complexity index is 2600. The Balaban J connectivity index is 1.36. The molecule has 9 aromatic rings. The van der Waals surface area contributed by atoms with E-state index in [0.717, 1.165) is 28.1 Å². The van der Waals surface area contributed by atoms with Gasteiger partial charge in [-0.1, -0.05) is 146 Å². The Morgan fingerprint density at radius 2 is 0.979 bits per heavy atom. The lowest BCUT2D eigenvalue weighted by Gasteiger charge is -2.20. The molecule has 0 N–H and O–H groups in total. The molecule has 0 aliphatic rings. The van der Waals surface area contributed by atoms with E-state index < -0.39 is 0 Å². The quantitative estimate of drug-likeness (QED) is 0.177. The van der Waals surface area contributed by atoms with E-state index in [-0.39, 0.29) is 0 Å². The number of imidazole rings is 1. The maximum Gasteiger partial charge on any atom is 0.145 e. The fourth-order valence-electron chi connectivity index (χ4n) is 7.29. The Morgan fingerprint density at radius 1 is 0.417 bits per heavy atom. The van der Waals surface area contributed by atoms with Crippen LogP contribution in [0.5, 0.6) is 0 Å². The molecule has 226 valence electrons. The van der Waals surface area contributed by atoms with Gasteiger partial charge in [0, 0.05) is 11.3 Å². The van der Waals surface area contributed by atoms with Crippen LogP contribution < -0.4 is 0 Å². The minimum absolute atomic E-state index is 0.932. The molecule has 48 heavy (non-hydrogen) atoms. The van der Waals surface area contributed by atoms with Crippen molar-refractivity contribution in [1.29, 1.82) is 0 Å². The van der Waals surface area contributed by atoms with Crippen LogP contribution >= 0.6 is 0 Å². The number of nitrogens with zero attached hydrogens (tertiary/aromatic N) is 2. The summed E-state index contributed by atoms with van der Waals surface area (Å²) in [6.07, 6.45) is 0. The summed E-state index contributed by atoms with van der Waals surface area (Å²) in [7, 11) is 0. The maximum atomic E-state index is 5.23. The smallest absolute Gasteiger partial charge is 0.145 e. The van der Waals surface area contributed by atoms with Crippen LogP contribution in [0.3, 0.4) is 0 Å². The lowest BCUT2D eigenvalue weighted by atomic mass is 9.84. The van der Waals surface area contributed by atoms with E-state index in [1.54, 1.807) is 0 Å².